The molecule has 8 heteroatoms. The molecule has 1 fully saturated rings. The average Bonchev–Trinajstić information content (AvgIpc) is 3.52. The number of nitrogens with zero attached hydrogens (tertiary/aromatic N) is 4. The number of rotatable bonds is 5. The maximum atomic E-state index is 14.6. The maximum absolute atomic E-state index is 14.6. The number of fused-ring (bicyclic) bond motifs is 2. The van der Waals surface area contributed by atoms with Gasteiger partial charge in [-0.2, -0.15) is 5.26 Å². The normalized spacial score (nSPS) is 14.0. The Morgan fingerprint density at radius 1 is 1.23 bits per heavy atom. The molecule has 1 aliphatic carbocycles. The molecule has 2 aliphatic rings. The van der Waals surface area contributed by atoms with E-state index in [9.17, 15) is 9.65 Å². The van der Waals surface area contributed by atoms with Crippen LogP contribution in [-0.4, -0.2) is 21.0 Å². The highest BCUT2D eigenvalue weighted by Crippen LogP contribution is 2.40. The number of ether oxygens (including phenoxy) is 1. The molecule has 0 unspecified atom stereocenters. The molecule has 178 valence electrons. The van der Waals surface area contributed by atoms with Crippen molar-refractivity contribution in [2.24, 2.45) is 0 Å². The lowest BCUT2D eigenvalue weighted by Crippen LogP contribution is -2.10. The number of nitrogens with one attached hydrogen (secondary N) is 1. The lowest BCUT2D eigenvalue weighted by atomic mass is 10.0. The zero-order valence-corrected chi connectivity index (χ0v) is 20.6. The van der Waals surface area contributed by atoms with Gasteiger partial charge in [-0.05, 0) is 37.1 Å². The van der Waals surface area contributed by atoms with E-state index < -0.39 is 0 Å². The van der Waals surface area contributed by atoms with Crippen molar-refractivity contribution in [1.29, 1.82) is 5.26 Å². The minimum absolute atomic E-state index is 0.221. The Balaban J connectivity index is 0.00000124. The van der Waals surface area contributed by atoms with Crippen LogP contribution in [0.25, 0.3) is 16.6 Å². The highest BCUT2D eigenvalue weighted by Gasteiger charge is 2.25. The minimum Gasteiger partial charge on any atom is -0.493 e. The smallest absolute Gasteiger partial charge is 0.130 e. The van der Waals surface area contributed by atoms with E-state index in [-0.39, 0.29) is 12.4 Å². The number of imidazole rings is 1. The third-order valence-corrected chi connectivity index (χ3v) is 6.70. The van der Waals surface area contributed by atoms with Gasteiger partial charge in [-0.15, -0.1) is 12.6 Å². The zero-order valence-electron chi connectivity index (χ0n) is 19.7. The first-order valence-corrected chi connectivity index (χ1v) is 12.3. The molecular formula is C27H26FN5OS. The van der Waals surface area contributed by atoms with Gasteiger partial charge < -0.3 is 10.1 Å². The summed E-state index contributed by atoms with van der Waals surface area (Å²) < 4.78 is 22.0. The number of thiol groups is 1. The largest absolute Gasteiger partial charge is 0.493 e. The molecule has 0 bridgehead atoms. The Hall–Kier alpha value is -3.57. The fourth-order valence-electron chi connectivity index (χ4n) is 4.52. The monoisotopic (exact) mass is 487 g/mol. The molecule has 6 nitrogen and oxygen atoms in total. The molecule has 1 aliphatic heterocycles. The summed E-state index contributed by atoms with van der Waals surface area (Å²) in [6, 6.07) is 11.3. The van der Waals surface area contributed by atoms with Crippen LogP contribution in [-0.2, 0) is 13.0 Å². The van der Waals surface area contributed by atoms with Crippen LogP contribution >= 0.6 is 12.6 Å². The van der Waals surface area contributed by atoms with E-state index in [1.54, 1.807) is 12.4 Å². The van der Waals surface area contributed by atoms with Crippen LogP contribution in [0.4, 0.5) is 10.2 Å². The molecule has 0 saturated heterocycles. The number of nitriles is 1. The summed E-state index contributed by atoms with van der Waals surface area (Å²) in [5.41, 5.74) is 5.45. The van der Waals surface area contributed by atoms with E-state index in [1.165, 1.54) is 18.9 Å². The Kier molecular flexibility index (Phi) is 6.35. The molecule has 0 atom stereocenters. The van der Waals surface area contributed by atoms with Gasteiger partial charge in [-0.25, -0.2) is 9.37 Å². The van der Waals surface area contributed by atoms with E-state index in [2.05, 4.69) is 40.0 Å². The summed E-state index contributed by atoms with van der Waals surface area (Å²) in [7, 11) is 0. The molecule has 6 rings (SSSR count). The van der Waals surface area contributed by atoms with E-state index >= 15 is 0 Å². The van der Waals surface area contributed by atoms with E-state index in [4.69, 9.17) is 4.74 Å². The van der Waals surface area contributed by atoms with Crippen molar-refractivity contribution in [3.63, 3.8) is 0 Å². The topological polar surface area (TPSA) is 75.2 Å². The summed E-state index contributed by atoms with van der Waals surface area (Å²) in [6.45, 7) is 4.77. The van der Waals surface area contributed by atoms with E-state index in [0.717, 1.165) is 33.7 Å². The first-order chi connectivity index (χ1) is 17.1. The molecule has 4 aromatic rings. The Morgan fingerprint density at radius 2 is 2.06 bits per heavy atom. The van der Waals surface area contributed by atoms with Gasteiger partial charge in [0.15, 0.2) is 0 Å². The molecule has 1 saturated carbocycles. The van der Waals surface area contributed by atoms with Gasteiger partial charge in [0, 0.05) is 53.0 Å². The number of hydrogen-bond acceptors (Lipinski definition) is 6. The SMILES string of the molecule is CC.N#Cc1cc(-c2ccc(C3CC3)nc2)c2c(S)ncn2c1NCc1c(F)ccc2c1CCO2. The summed E-state index contributed by atoms with van der Waals surface area (Å²) in [6.07, 6.45) is 6.52. The second-order valence-corrected chi connectivity index (χ2v) is 8.84. The lowest BCUT2D eigenvalue weighted by Gasteiger charge is -2.16. The van der Waals surface area contributed by atoms with Crippen molar-refractivity contribution < 1.29 is 9.13 Å². The van der Waals surface area contributed by atoms with E-state index in [0.29, 0.717) is 40.9 Å². The van der Waals surface area contributed by atoms with E-state index in [1.807, 2.05) is 36.6 Å². The van der Waals surface area contributed by atoms with Crippen molar-refractivity contribution in [2.75, 3.05) is 11.9 Å². The minimum atomic E-state index is -0.291. The third-order valence-electron chi connectivity index (χ3n) is 6.37. The van der Waals surface area contributed by atoms with Gasteiger partial charge in [0.05, 0.1) is 17.7 Å². The fraction of sp³-hybridized carbons (Fsp3) is 0.296. The average molecular weight is 488 g/mol. The molecule has 3 aromatic heterocycles. The van der Waals surface area contributed by atoms with Crippen LogP contribution < -0.4 is 10.1 Å². The molecular weight excluding hydrogens is 461 g/mol. The van der Waals surface area contributed by atoms with Gasteiger partial charge >= 0.3 is 0 Å². The molecule has 1 aromatic carbocycles. The van der Waals surface area contributed by atoms with Crippen LogP contribution in [0, 0.1) is 17.1 Å². The predicted molar refractivity (Wildman–Crippen MR) is 137 cm³/mol. The van der Waals surface area contributed by atoms with Gasteiger partial charge in [0.2, 0.25) is 0 Å². The maximum Gasteiger partial charge on any atom is 0.130 e. The molecule has 0 spiro atoms. The van der Waals surface area contributed by atoms with Crippen molar-refractivity contribution in [2.45, 2.75) is 50.6 Å². The quantitative estimate of drug-likeness (QED) is 0.331. The Bertz CT molecular complexity index is 1440. The number of benzene rings is 1. The van der Waals surface area contributed by atoms with Crippen LogP contribution in [0.3, 0.4) is 0 Å². The molecule has 4 heterocycles. The first-order valence-electron chi connectivity index (χ1n) is 11.9. The van der Waals surface area contributed by atoms with Crippen LogP contribution in [0.5, 0.6) is 5.75 Å². The number of halogens is 1. The highest BCUT2D eigenvalue weighted by atomic mass is 32.1. The lowest BCUT2D eigenvalue weighted by molar-refractivity contribution is 0.356. The van der Waals surface area contributed by atoms with Crippen molar-refractivity contribution in [3.8, 4) is 22.9 Å². The zero-order chi connectivity index (χ0) is 24.5. The van der Waals surface area contributed by atoms with Crippen LogP contribution in [0.1, 0.15) is 55.0 Å². The number of anilines is 1. The summed E-state index contributed by atoms with van der Waals surface area (Å²) in [4.78, 5) is 9.00. The van der Waals surface area contributed by atoms with Crippen molar-refractivity contribution in [3.05, 3.63) is 71.1 Å². The van der Waals surface area contributed by atoms with Crippen molar-refractivity contribution in [1.82, 2.24) is 14.4 Å². The third kappa shape index (κ3) is 4.21. The summed E-state index contributed by atoms with van der Waals surface area (Å²) in [5.74, 6) is 1.54. The number of pyridine rings is 2. The van der Waals surface area contributed by atoms with Crippen molar-refractivity contribution >= 4 is 24.0 Å². The Labute approximate surface area is 209 Å². The number of hydrogen-bond donors (Lipinski definition) is 2. The molecule has 1 N–H and O–H groups in total. The summed E-state index contributed by atoms with van der Waals surface area (Å²) >= 11 is 4.56. The van der Waals surface area contributed by atoms with Gasteiger partial charge in [0.25, 0.3) is 0 Å². The highest BCUT2D eigenvalue weighted by molar-refractivity contribution is 7.80. The number of aromatic nitrogens is 3. The summed E-state index contributed by atoms with van der Waals surface area (Å²) in [5, 5.41) is 13.8. The van der Waals surface area contributed by atoms with Crippen LogP contribution in [0.2, 0.25) is 0 Å². The molecule has 0 radical (unpaired) electrons. The van der Waals surface area contributed by atoms with Gasteiger partial charge in [0.1, 0.15) is 34.8 Å². The fourth-order valence-corrected chi connectivity index (χ4v) is 4.80. The van der Waals surface area contributed by atoms with Gasteiger partial charge in [-0.3, -0.25) is 9.38 Å². The first kappa shape index (κ1) is 23.2. The Morgan fingerprint density at radius 3 is 2.77 bits per heavy atom. The second kappa shape index (κ2) is 9.59. The predicted octanol–water partition coefficient (Wildman–Crippen LogP) is 6.15. The molecule has 35 heavy (non-hydrogen) atoms. The second-order valence-electron chi connectivity index (χ2n) is 8.42. The molecule has 0 amide bonds. The van der Waals surface area contributed by atoms with Gasteiger partial charge in [-0.1, -0.05) is 19.9 Å². The van der Waals surface area contributed by atoms with Crippen LogP contribution in [0.15, 0.2) is 47.9 Å². The standard InChI is InChI=1S/C25H20FN5OS.C2H6/c26-20-4-6-22-17(7-8-32-22)19(20)12-29-24-16(10-27)9-18(23-25(33)30-13-31(23)24)15-3-5-21(28-11-15)14-1-2-14;1-2/h3-6,9,11,13-14,29,33H,1-2,7-8,12H2;1-2H3.